The monoisotopic (exact) mass is 372 g/mol. The van der Waals surface area contributed by atoms with E-state index in [9.17, 15) is 18.7 Å². The van der Waals surface area contributed by atoms with E-state index in [0.717, 1.165) is 19.3 Å². The van der Waals surface area contributed by atoms with Crippen LogP contribution in [0.5, 0.6) is 0 Å². The summed E-state index contributed by atoms with van der Waals surface area (Å²) in [4.78, 5) is 20.8. The van der Waals surface area contributed by atoms with Gasteiger partial charge in [0, 0.05) is 5.54 Å². The Morgan fingerprint density at radius 1 is 1.40 bits per heavy atom. The lowest BCUT2D eigenvalue weighted by Gasteiger charge is -2.40. The number of hydrogen-bond donors (Lipinski definition) is 2. The van der Waals surface area contributed by atoms with E-state index in [1.54, 1.807) is 16.7 Å². The zero-order valence-electron chi connectivity index (χ0n) is 13.7. The van der Waals surface area contributed by atoms with Crippen LogP contribution >= 0.6 is 11.6 Å². The van der Waals surface area contributed by atoms with Gasteiger partial charge in [-0.25, -0.2) is 18.7 Å². The molecule has 2 aromatic heterocycles. The SMILES string of the molecule is CC1(n2c(NC(=O)CC(O)(CF)CF)nc3ccc(Cl)nc32)CCC1. The maximum absolute atomic E-state index is 12.8. The van der Waals surface area contributed by atoms with Crippen LogP contribution in [0.4, 0.5) is 14.7 Å². The van der Waals surface area contributed by atoms with Gasteiger partial charge in [0.2, 0.25) is 11.9 Å². The minimum atomic E-state index is -2.32. The number of imidazole rings is 1. The van der Waals surface area contributed by atoms with E-state index in [4.69, 9.17) is 11.6 Å². The molecule has 2 heterocycles. The molecule has 0 aliphatic heterocycles. The van der Waals surface area contributed by atoms with Gasteiger partial charge in [0.25, 0.3) is 0 Å². The van der Waals surface area contributed by atoms with Gasteiger partial charge < -0.3 is 5.11 Å². The molecule has 0 radical (unpaired) electrons. The van der Waals surface area contributed by atoms with Crippen LogP contribution in [0.3, 0.4) is 0 Å². The number of pyridine rings is 1. The number of amides is 1. The second kappa shape index (κ2) is 6.49. The predicted octanol–water partition coefficient (Wildman–Crippen LogP) is 2.98. The van der Waals surface area contributed by atoms with Crippen molar-refractivity contribution >= 4 is 34.6 Å². The first-order valence-corrected chi connectivity index (χ1v) is 8.38. The molecule has 136 valence electrons. The first-order valence-electron chi connectivity index (χ1n) is 8.00. The highest BCUT2D eigenvalue weighted by Gasteiger charge is 2.38. The van der Waals surface area contributed by atoms with E-state index in [0.29, 0.717) is 16.3 Å². The molecule has 3 rings (SSSR count). The lowest BCUT2D eigenvalue weighted by molar-refractivity contribution is -0.122. The fourth-order valence-corrected chi connectivity index (χ4v) is 3.18. The molecule has 1 amide bonds. The summed E-state index contributed by atoms with van der Waals surface area (Å²) in [6.07, 6.45) is 2.10. The van der Waals surface area contributed by atoms with Gasteiger partial charge in [0.1, 0.15) is 29.6 Å². The number of aromatic nitrogens is 3. The number of nitrogens with zero attached hydrogens (tertiary/aromatic N) is 3. The Labute approximate surface area is 148 Å². The molecule has 1 fully saturated rings. The number of alkyl halides is 2. The summed E-state index contributed by atoms with van der Waals surface area (Å²) in [6.45, 7) is -0.667. The zero-order chi connectivity index (χ0) is 18.2. The van der Waals surface area contributed by atoms with Crippen molar-refractivity contribution in [2.45, 2.75) is 43.7 Å². The molecule has 0 spiro atoms. The number of hydrogen-bond acceptors (Lipinski definition) is 4. The van der Waals surface area contributed by atoms with Crippen molar-refractivity contribution in [3.8, 4) is 0 Å². The van der Waals surface area contributed by atoms with Gasteiger partial charge >= 0.3 is 0 Å². The average Bonchev–Trinajstić information content (AvgIpc) is 2.89. The fourth-order valence-electron chi connectivity index (χ4n) is 3.04. The Morgan fingerprint density at radius 3 is 2.64 bits per heavy atom. The molecule has 2 aromatic rings. The van der Waals surface area contributed by atoms with Crippen molar-refractivity contribution in [3.63, 3.8) is 0 Å². The van der Waals surface area contributed by atoms with Crippen molar-refractivity contribution in [1.82, 2.24) is 14.5 Å². The highest BCUT2D eigenvalue weighted by atomic mass is 35.5. The van der Waals surface area contributed by atoms with Gasteiger partial charge in [-0.05, 0) is 38.3 Å². The number of rotatable bonds is 6. The van der Waals surface area contributed by atoms with Crippen LogP contribution in [0.15, 0.2) is 12.1 Å². The minimum absolute atomic E-state index is 0.233. The van der Waals surface area contributed by atoms with E-state index >= 15 is 0 Å². The van der Waals surface area contributed by atoms with Crippen LogP contribution in [-0.4, -0.2) is 44.5 Å². The molecule has 1 saturated carbocycles. The van der Waals surface area contributed by atoms with E-state index in [1.807, 2.05) is 6.92 Å². The van der Waals surface area contributed by atoms with E-state index in [2.05, 4.69) is 15.3 Å². The van der Waals surface area contributed by atoms with Crippen LogP contribution in [0.1, 0.15) is 32.6 Å². The summed E-state index contributed by atoms with van der Waals surface area (Å²) in [5.41, 5.74) is -1.50. The first-order chi connectivity index (χ1) is 11.8. The third-order valence-electron chi connectivity index (χ3n) is 4.68. The number of halogens is 3. The summed E-state index contributed by atoms with van der Waals surface area (Å²) in [5, 5.41) is 12.5. The molecule has 9 heteroatoms. The Hall–Kier alpha value is -1.80. The topological polar surface area (TPSA) is 80.0 Å². The van der Waals surface area contributed by atoms with Crippen LogP contribution in [-0.2, 0) is 10.3 Å². The van der Waals surface area contributed by atoms with Crippen molar-refractivity contribution in [1.29, 1.82) is 0 Å². The van der Waals surface area contributed by atoms with Crippen LogP contribution in [0, 0.1) is 0 Å². The molecule has 25 heavy (non-hydrogen) atoms. The Balaban J connectivity index is 1.96. The largest absolute Gasteiger partial charge is 0.384 e. The van der Waals surface area contributed by atoms with Crippen molar-refractivity contribution in [2.75, 3.05) is 18.7 Å². The number of carbonyl (C=O) groups excluding carboxylic acids is 1. The summed E-state index contributed by atoms with van der Waals surface area (Å²) in [6, 6.07) is 3.29. The summed E-state index contributed by atoms with van der Waals surface area (Å²) in [5.74, 6) is -0.486. The van der Waals surface area contributed by atoms with Crippen LogP contribution in [0.2, 0.25) is 5.15 Å². The third-order valence-corrected chi connectivity index (χ3v) is 4.89. The highest BCUT2D eigenvalue weighted by molar-refractivity contribution is 6.29. The van der Waals surface area contributed by atoms with Gasteiger partial charge in [0.05, 0.1) is 6.42 Å². The molecule has 2 N–H and O–H groups in total. The van der Waals surface area contributed by atoms with Gasteiger partial charge in [-0.1, -0.05) is 11.6 Å². The molecule has 0 aromatic carbocycles. The molecule has 0 bridgehead atoms. The lowest BCUT2D eigenvalue weighted by atomic mass is 9.78. The summed E-state index contributed by atoms with van der Waals surface area (Å²) in [7, 11) is 0. The maximum Gasteiger partial charge on any atom is 0.229 e. The molecular weight excluding hydrogens is 354 g/mol. The number of anilines is 1. The van der Waals surface area contributed by atoms with E-state index in [1.165, 1.54) is 0 Å². The zero-order valence-corrected chi connectivity index (χ0v) is 14.5. The maximum atomic E-state index is 12.8. The van der Waals surface area contributed by atoms with Crippen molar-refractivity contribution in [3.05, 3.63) is 17.3 Å². The quantitative estimate of drug-likeness (QED) is 0.764. The standard InChI is InChI=1S/C16H19ClF2N4O2/c1-15(5-2-6-15)23-13-10(3-4-11(17)21-13)20-14(23)22-12(24)7-16(25,8-18)9-19/h3-4,25H,2,5-9H2,1H3,(H,20,22,24). The van der Waals surface area contributed by atoms with Gasteiger partial charge in [-0.2, -0.15) is 0 Å². The first kappa shape index (κ1) is 18.0. The Kier molecular flexibility index (Phi) is 4.68. The number of carbonyl (C=O) groups is 1. The third kappa shape index (κ3) is 3.32. The van der Waals surface area contributed by atoms with Crippen LogP contribution in [0.25, 0.3) is 11.2 Å². The molecule has 0 atom stereocenters. The highest BCUT2D eigenvalue weighted by Crippen LogP contribution is 2.42. The molecule has 6 nitrogen and oxygen atoms in total. The second-order valence-corrected chi connectivity index (χ2v) is 7.20. The average molecular weight is 373 g/mol. The van der Waals surface area contributed by atoms with E-state index in [-0.39, 0.29) is 11.5 Å². The number of aliphatic hydroxyl groups is 1. The lowest BCUT2D eigenvalue weighted by Crippen LogP contribution is -2.40. The molecule has 1 aliphatic carbocycles. The predicted molar refractivity (Wildman–Crippen MR) is 90.2 cm³/mol. The van der Waals surface area contributed by atoms with Crippen molar-refractivity contribution in [2.24, 2.45) is 0 Å². The van der Waals surface area contributed by atoms with Gasteiger partial charge in [0.15, 0.2) is 5.65 Å². The molecule has 0 unspecified atom stereocenters. The van der Waals surface area contributed by atoms with Gasteiger partial charge in [-0.15, -0.1) is 0 Å². The summed E-state index contributed by atoms with van der Waals surface area (Å²) >= 11 is 5.99. The Morgan fingerprint density at radius 2 is 2.08 bits per heavy atom. The van der Waals surface area contributed by atoms with Gasteiger partial charge in [-0.3, -0.25) is 14.7 Å². The molecular formula is C16H19ClF2N4O2. The minimum Gasteiger partial charge on any atom is -0.384 e. The normalized spacial score (nSPS) is 16.7. The van der Waals surface area contributed by atoms with E-state index < -0.39 is 31.3 Å². The molecule has 1 aliphatic rings. The fraction of sp³-hybridized carbons (Fsp3) is 0.562. The smallest absolute Gasteiger partial charge is 0.229 e. The van der Waals surface area contributed by atoms with Crippen LogP contribution < -0.4 is 5.32 Å². The number of fused-ring (bicyclic) bond motifs is 1. The molecule has 0 saturated heterocycles. The Bertz CT molecular complexity index is 803. The number of nitrogens with one attached hydrogen (secondary N) is 1. The van der Waals surface area contributed by atoms with Crippen molar-refractivity contribution < 1.29 is 18.7 Å². The summed E-state index contributed by atoms with van der Waals surface area (Å²) < 4.78 is 27.3. The second-order valence-electron chi connectivity index (χ2n) is 6.81.